The minimum atomic E-state index is 1.16. The summed E-state index contributed by atoms with van der Waals surface area (Å²) in [6.07, 6.45) is 0. The van der Waals surface area contributed by atoms with Crippen LogP contribution in [0.3, 0.4) is 0 Å². The summed E-state index contributed by atoms with van der Waals surface area (Å²) < 4.78 is 5.02. The summed E-state index contributed by atoms with van der Waals surface area (Å²) in [5.74, 6) is 0. The van der Waals surface area contributed by atoms with Crippen LogP contribution in [-0.4, -0.2) is 64.1 Å². The van der Waals surface area contributed by atoms with E-state index >= 15 is 0 Å². The van der Waals surface area contributed by atoms with Crippen molar-refractivity contribution in [3.05, 3.63) is 200 Å². The van der Waals surface area contributed by atoms with E-state index in [1.165, 1.54) is 143 Å². The van der Waals surface area contributed by atoms with E-state index in [-0.39, 0.29) is 0 Å². The molecule has 0 saturated heterocycles. The second-order valence-electron chi connectivity index (χ2n) is 19.1. The van der Waals surface area contributed by atoms with Gasteiger partial charge in [-0.2, -0.15) is 0 Å². The Labute approximate surface area is 410 Å². The summed E-state index contributed by atoms with van der Waals surface area (Å²) >= 11 is 0. The van der Waals surface area contributed by atoms with Gasteiger partial charge in [0, 0.05) is 38.6 Å². The summed E-state index contributed by atoms with van der Waals surface area (Å²) in [6.45, 7) is 0. The van der Waals surface area contributed by atoms with Gasteiger partial charge in [-0.15, -0.1) is 5.46 Å². The highest BCUT2D eigenvalue weighted by Gasteiger charge is 2.26. The van der Waals surface area contributed by atoms with Crippen molar-refractivity contribution in [2.24, 2.45) is 0 Å². The molecule has 0 bridgehead atoms. The Morgan fingerprint density at radius 1 is 0.261 bits per heavy atom. The molecule has 0 fully saturated rings. The molecule has 2 heterocycles. The van der Waals surface area contributed by atoms with Crippen LogP contribution in [0.1, 0.15) is 0 Å². The standard InChI is InChI=1S/C60H47B7N2/c61-52-48(41-29-32-46-45(33-41)49-44(17-10-18-47(49)68(46)42-15-8-3-9-16-42)40-25-23-37(24-26-40)35-13-6-2-7-14-35)53(62)57(66)59-50(52)51-54(63)55(64)56(65)58(67)60(51)69(59)43-30-27-39(28-31-43)38-21-19-36(20-22-38)34-11-4-1-5-12-34/h1-33H,61-67H2. The van der Waals surface area contributed by atoms with Gasteiger partial charge < -0.3 is 9.13 Å². The van der Waals surface area contributed by atoms with Gasteiger partial charge in [0.05, 0.1) is 11.0 Å². The van der Waals surface area contributed by atoms with Crippen molar-refractivity contribution in [3.63, 3.8) is 0 Å². The molecule has 9 heteroatoms. The molecular formula is C60H47B7N2. The minimum absolute atomic E-state index is 1.16. The first-order valence-corrected chi connectivity index (χ1v) is 24.3. The number of aromatic nitrogens is 2. The van der Waals surface area contributed by atoms with E-state index in [0.717, 1.165) is 5.69 Å². The van der Waals surface area contributed by atoms with Crippen molar-refractivity contribution in [2.75, 3.05) is 0 Å². The quantitative estimate of drug-likeness (QED) is 0.215. The van der Waals surface area contributed by atoms with Gasteiger partial charge in [0.15, 0.2) is 0 Å². The summed E-state index contributed by atoms with van der Waals surface area (Å²) in [6, 6.07) is 73.4. The van der Waals surface area contributed by atoms with Gasteiger partial charge in [-0.3, -0.25) is 0 Å². The first-order chi connectivity index (χ1) is 33.7. The molecule has 69 heavy (non-hydrogen) atoms. The molecule has 0 aliphatic heterocycles. The largest absolute Gasteiger partial charge is 0.310 e. The molecule has 0 amide bonds. The SMILES string of the molecule is Bc1c(B)c(B)c2c(c1B)c1c(B)c(-c3ccc4c(c3)c3c(-c5ccc(-c6ccccc6)cc5)cccc3n4-c3ccccc3)c(B)c(B)c1n2-c1ccc(-c2ccc(-c3ccccc3)cc2)cc1. The Morgan fingerprint density at radius 2 is 0.696 bits per heavy atom. The van der Waals surface area contributed by atoms with Gasteiger partial charge in [-0.1, -0.05) is 191 Å². The molecular weight excluding hydrogens is 824 g/mol. The lowest BCUT2D eigenvalue weighted by atomic mass is 9.64. The van der Waals surface area contributed by atoms with Crippen LogP contribution < -0.4 is 38.2 Å². The number of fused-ring (bicyclic) bond motifs is 6. The van der Waals surface area contributed by atoms with Gasteiger partial charge >= 0.3 is 0 Å². The van der Waals surface area contributed by atoms with E-state index in [4.69, 9.17) is 0 Å². The maximum atomic E-state index is 2.58. The Hall–Kier alpha value is -7.75. The predicted octanol–water partition coefficient (Wildman–Crippen LogP) is 4.02. The number of hydrogen-bond acceptors (Lipinski definition) is 0. The highest BCUT2D eigenvalue weighted by atomic mass is 15.0. The van der Waals surface area contributed by atoms with Gasteiger partial charge in [-0.25, -0.2) is 0 Å². The summed E-state index contributed by atoms with van der Waals surface area (Å²) in [4.78, 5) is 0. The molecule has 10 aromatic carbocycles. The molecule has 12 rings (SSSR count). The van der Waals surface area contributed by atoms with Crippen LogP contribution in [0.4, 0.5) is 0 Å². The molecule has 0 atom stereocenters. The monoisotopic (exact) mass is 872 g/mol. The van der Waals surface area contributed by atoms with Crippen LogP contribution in [-0.2, 0) is 0 Å². The average molecular weight is 872 g/mol. The van der Waals surface area contributed by atoms with E-state index in [2.05, 4.69) is 264 Å². The third-order valence-electron chi connectivity index (χ3n) is 15.5. The first-order valence-electron chi connectivity index (χ1n) is 24.3. The van der Waals surface area contributed by atoms with Crippen molar-refractivity contribution in [1.29, 1.82) is 0 Å². The second-order valence-corrected chi connectivity index (χ2v) is 19.1. The highest BCUT2D eigenvalue weighted by Crippen LogP contribution is 2.41. The zero-order valence-corrected chi connectivity index (χ0v) is 40.4. The summed E-state index contributed by atoms with van der Waals surface area (Å²) in [5.41, 5.74) is 29.0. The van der Waals surface area contributed by atoms with Crippen LogP contribution >= 0.6 is 0 Å². The van der Waals surface area contributed by atoms with Crippen molar-refractivity contribution < 1.29 is 0 Å². The van der Waals surface area contributed by atoms with E-state index < -0.39 is 0 Å². The molecule has 318 valence electrons. The molecule has 0 spiro atoms. The smallest absolute Gasteiger partial charge is 0.141 e. The van der Waals surface area contributed by atoms with Gasteiger partial charge in [-0.05, 0) is 103 Å². The topological polar surface area (TPSA) is 9.86 Å². The number of para-hydroxylation sites is 1. The summed E-state index contributed by atoms with van der Waals surface area (Å²) in [5, 5.41) is 5.22. The molecule has 0 N–H and O–H groups in total. The predicted molar refractivity (Wildman–Crippen MR) is 320 cm³/mol. The fourth-order valence-corrected chi connectivity index (χ4v) is 11.5. The third-order valence-corrected chi connectivity index (χ3v) is 15.5. The molecule has 2 nitrogen and oxygen atoms in total. The minimum Gasteiger partial charge on any atom is -0.310 e. The first kappa shape index (κ1) is 42.6. The lowest BCUT2D eigenvalue weighted by Crippen LogP contribution is -2.48. The van der Waals surface area contributed by atoms with Crippen molar-refractivity contribution in [3.8, 4) is 67.0 Å². The number of rotatable bonds is 7. The fourth-order valence-electron chi connectivity index (χ4n) is 11.5. The molecule has 0 aliphatic rings. The maximum Gasteiger partial charge on any atom is 0.141 e. The number of nitrogens with zero attached hydrogens (tertiary/aromatic N) is 2. The Balaban J connectivity index is 1.06. The van der Waals surface area contributed by atoms with Crippen LogP contribution in [0.5, 0.6) is 0 Å². The van der Waals surface area contributed by atoms with E-state index in [1.807, 2.05) is 0 Å². The molecule has 0 aliphatic carbocycles. The Morgan fingerprint density at radius 3 is 1.26 bits per heavy atom. The fraction of sp³-hybridized carbons (Fsp3) is 0. The lowest BCUT2D eigenvalue weighted by Gasteiger charge is -2.19. The summed E-state index contributed by atoms with van der Waals surface area (Å²) in [7, 11) is 16.3. The number of benzene rings is 10. The second kappa shape index (κ2) is 16.8. The maximum absolute atomic E-state index is 2.58. The van der Waals surface area contributed by atoms with Crippen molar-refractivity contribution in [1.82, 2.24) is 9.13 Å². The zero-order valence-electron chi connectivity index (χ0n) is 40.4. The molecule has 12 aromatic rings. The zero-order chi connectivity index (χ0) is 47.1. The molecule has 0 radical (unpaired) electrons. The molecule has 2 aromatic heterocycles. The van der Waals surface area contributed by atoms with E-state index in [0.29, 0.717) is 0 Å². The number of hydrogen-bond donors (Lipinski definition) is 0. The van der Waals surface area contributed by atoms with Crippen molar-refractivity contribution in [2.45, 2.75) is 0 Å². The van der Waals surface area contributed by atoms with E-state index in [9.17, 15) is 0 Å². The Kier molecular flexibility index (Phi) is 10.4. The highest BCUT2D eigenvalue weighted by molar-refractivity contribution is 6.69. The van der Waals surface area contributed by atoms with Gasteiger partial charge in [0.2, 0.25) is 0 Å². The normalized spacial score (nSPS) is 11.6. The van der Waals surface area contributed by atoms with Crippen LogP contribution in [0.15, 0.2) is 200 Å². The average Bonchev–Trinajstić information content (AvgIpc) is 3.94. The van der Waals surface area contributed by atoms with Crippen molar-refractivity contribution >= 4 is 137 Å². The van der Waals surface area contributed by atoms with Crippen LogP contribution in [0.25, 0.3) is 111 Å². The van der Waals surface area contributed by atoms with E-state index in [1.54, 1.807) is 0 Å². The molecule has 0 saturated carbocycles. The van der Waals surface area contributed by atoms with Gasteiger partial charge in [0.25, 0.3) is 0 Å². The lowest BCUT2D eigenvalue weighted by molar-refractivity contribution is 1.18. The third kappa shape index (κ3) is 6.81. The molecule has 0 unspecified atom stereocenters. The Bertz CT molecular complexity index is 3980. The van der Waals surface area contributed by atoms with Crippen LogP contribution in [0, 0.1) is 0 Å². The van der Waals surface area contributed by atoms with Gasteiger partial charge in [0.1, 0.15) is 54.9 Å². The van der Waals surface area contributed by atoms with Crippen LogP contribution in [0.2, 0.25) is 0 Å².